The van der Waals surface area contributed by atoms with Crippen LogP contribution in [0.1, 0.15) is 35.3 Å². The van der Waals surface area contributed by atoms with Crippen LogP contribution in [0.4, 0.5) is 0 Å². The molecule has 0 radical (unpaired) electrons. The van der Waals surface area contributed by atoms with Gasteiger partial charge in [0.15, 0.2) is 0 Å². The lowest BCUT2D eigenvalue weighted by atomic mass is 9.78. The number of nitrogens with zero attached hydrogens (tertiary/aromatic N) is 2. The predicted octanol–water partition coefficient (Wildman–Crippen LogP) is 0.979. The van der Waals surface area contributed by atoms with Gasteiger partial charge in [-0.1, -0.05) is 0 Å². The summed E-state index contributed by atoms with van der Waals surface area (Å²) in [7, 11) is 0. The van der Waals surface area contributed by atoms with Crippen LogP contribution in [-0.4, -0.2) is 51.9 Å². The molecule has 0 saturated carbocycles. The Bertz CT molecular complexity index is 955. The first-order chi connectivity index (χ1) is 12.0. The van der Waals surface area contributed by atoms with Crippen molar-refractivity contribution in [2.24, 2.45) is 5.41 Å². The van der Waals surface area contributed by atoms with Crippen molar-refractivity contribution in [1.29, 1.82) is 0 Å². The number of fused-ring (bicyclic) bond motifs is 1. The van der Waals surface area contributed by atoms with E-state index in [1.807, 2.05) is 4.90 Å². The zero-order chi connectivity index (χ0) is 17.6. The second-order valence-corrected chi connectivity index (χ2v) is 7.18. The van der Waals surface area contributed by atoms with E-state index < -0.39 is 11.2 Å². The number of amides is 1. The molecule has 0 aromatic carbocycles. The van der Waals surface area contributed by atoms with E-state index in [2.05, 4.69) is 20.3 Å². The van der Waals surface area contributed by atoms with Crippen LogP contribution in [0.3, 0.4) is 0 Å². The van der Waals surface area contributed by atoms with E-state index in [1.165, 1.54) is 6.42 Å². The number of aryl methyl sites for hydroxylation is 1. The Hall–Kier alpha value is -1.90. The average molecular weight is 416 g/mol. The van der Waals surface area contributed by atoms with Gasteiger partial charge in [-0.05, 0) is 49.8 Å². The van der Waals surface area contributed by atoms with Gasteiger partial charge in [0.2, 0.25) is 0 Å². The van der Waals surface area contributed by atoms with Crippen LogP contribution in [0.15, 0.2) is 15.7 Å². The molecule has 0 bridgehead atoms. The number of aromatic nitrogens is 3. The molecule has 0 unspecified atom stereocenters. The SMILES string of the molecule is Cc1cc(C(=O)N2CCC3(CCNC3)CC2)nc2[nH]c(=O)[nH]c(=O)c12.Cl.Cl. The molecule has 0 atom stereocenters. The van der Waals surface area contributed by atoms with Gasteiger partial charge in [-0.25, -0.2) is 9.78 Å². The number of H-pyrrole nitrogens is 2. The second-order valence-electron chi connectivity index (χ2n) is 7.18. The quantitative estimate of drug-likeness (QED) is 0.642. The van der Waals surface area contributed by atoms with Crippen molar-refractivity contribution in [1.82, 2.24) is 25.2 Å². The van der Waals surface area contributed by atoms with Crippen molar-refractivity contribution in [3.8, 4) is 0 Å². The highest BCUT2D eigenvalue weighted by Gasteiger charge is 2.38. The monoisotopic (exact) mass is 415 g/mol. The Kier molecular flexibility index (Phi) is 6.34. The van der Waals surface area contributed by atoms with E-state index in [-0.39, 0.29) is 42.1 Å². The Balaban J connectivity index is 0.00000131. The standard InChI is InChI=1S/C17H21N5O3.2ClH/c1-10-8-11(19-13-12(10)14(23)21-16(25)20-13)15(24)22-6-3-17(4-7-22)2-5-18-9-17;;/h8,18H,2-7,9H2,1H3,(H2,19,20,21,23,25);2*1H. The lowest BCUT2D eigenvalue weighted by Crippen LogP contribution is -2.44. The summed E-state index contributed by atoms with van der Waals surface area (Å²) >= 11 is 0. The maximum atomic E-state index is 12.8. The van der Waals surface area contributed by atoms with Crippen LogP contribution in [-0.2, 0) is 0 Å². The number of carbonyl (C=O) groups excluding carboxylic acids is 1. The highest BCUT2D eigenvalue weighted by atomic mass is 35.5. The minimum Gasteiger partial charge on any atom is -0.337 e. The number of pyridine rings is 1. The third kappa shape index (κ3) is 3.88. The van der Waals surface area contributed by atoms with Gasteiger partial charge in [0.05, 0.1) is 5.39 Å². The first-order valence-corrected chi connectivity index (χ1v) is 8.61. The lowest BCUT2D eigenvalue weighted by molar-refractivity contribution is 0.0602. The first-order valence-electron chi connectivity index (χ1n) is 8.61. The third-order valence-electron chi connectivity index (χ3n) is 5.57. The number of piperidine rings is 1. The van der Waals surface area contributed by atoms with E-state index in [0.717, 1.165) is 25.9 Å². The smallest absolute Gasteiger partial charge is 0.327 e. The van der Waals surface area contributed by atoms with Gasteiger partial charge < -0.3 is 10.2 Å². The van der Waals surface area contributed by atoms with Gasteiger partial charge in [0.25, 0.3) is 11.5 Å². The number of carbonyl (C=O) groups is 1. The van der Waals surface area contributed by atoms with E-state index in [4.69, 9.17) is 0 Å². The minimum atomic E-state index is -0.623. The Morgan fingerprint density at radius 1 is 1.15 bits per heavy atom. The van der Waals surface area contributed by atoms with Crippen molar-refractivity contribution in [2.45, 2.75) is 26.2 Å². The molecule has 4 heterocycles. The molecule has 27 heavy (non-hydrogen) atoms. The first kappa shape index (κ1) is 21.4. The summed E-state index contributed by atoms with van der Waals surface area (Å²) < 4.78 is 0. The molecule has 1 amide bonds. The number of halogens is 2. The van der Waals surface area contributed by atoms with Gasteiger partial charge in [0.1, 0.15) is 11.3 Å². The van der Waals surface area contributed by atoms with Crippen LogP contribution in [0.25, 0.3) is 11.0 Å². The number of hydrogen-bond donors (Lipinski definition) is 3. The summed E-state index contributed by atoms with van der Waals surface area (Å²) in [6, 6.07) is 1.62. The molecule has 2 aliphatic heterocycles. The molecule has 2 fully saturated rings. The number of likely N-dealkylation sites (tertiary alicyclic amines) is 1. The number of hydrogen-bond acceptors (Lipinski definition) is 5. The zero-order valence-electron chi connectivity index (χ0n) is 15.0. The van der Waals surface area contributed by atoms with Crippen molar-refractivity contribution >= 4 is 41.8 Å². The molecule has 10 heteroatoms. The Morgan fingerprint density at radius 3 is 2.48 bits per heavy atom. The molecule has 2 aliphatic rings. The van der Waals surface area contributed by atoms with Crippen molar-refractivity contribution in [2.75, 3.05) is 26.2 Å². The lowest BCUT2D eigenvalue weighted by Gasteiger charge is -2.38. The summed E-state index contributed by atoms with van der Waals surface area (Å²) in [5.41, 5.74) is 0.276. The molecule has 2 saturated heterocycles. The van der Waals surface area contributed by atoms with E-state index >= 15 is 0 Å². The van der Waals surface area contributed by atoms with Gasteiger partial charge in [-0.3, -0.25) is 19.6 Å². The summed E-state index contributed by atoms with van der Waals surface area (Å²) in [6.45, 7) is 5.26. The fraction of sp³-hybridized carbons (Fsp3) is 0.529. The average Bonchev–Trinajstić information content (AvgIpc) is 3.02. The van der Waals surface area contributed by atoms with Crippen LogP contribution in [0.5, 0.6) is 0 Å². The Labute approximate surface area is 168 Å². The molecule has 3 N–H and O–H groups in total. The molecule has 2 aromatic heterocycles. The fourth-order valence-electron chi connectivity index (χ4n) is 4.03. The normalized spacial score (nSPS) is 18.2. The largest absolute Gasteiger partial charge is 0.337 e. The summed E-state index contributed by atoms with van der Waals surface area (Å²) in [4.78, 5) is 47.0. The second kappa shape index (κ2) is 8.00. The molecular weight excluding hydrogens is 393 g/mol. The van der Waals surface area contributed by atoms with Crippen LogP contribution in [0.2, 0.25) is 0 Å². The van der Waals surface area contributed by atoms with E-state index in [1.54, 1.807) is 13.0 Å². The molecule has 2 aromatic rings. The highest BCUT2D eigenvalue weighted by molar-refractivity contribution is 5.95. The van der Waals surface area contributed by atoms with E-state index in [0.29, 0.717) is 29.5 Å². The number of nitrogens with one attached hydrogen (secondary N) is 3. The fourth-order valence-corrected chi connectivity index (χ4v) is 4.03. The highest BCUT2D eigenvalue weighted by Crippen LogP contribution is 2.37. The maximum absolute atomic E-state index is 12.8. The van der Waals surface area contributed by atoms with E-state index in [9.17, 15) is 14.4 Å². The van der Waals surface area contributed by atoms with Crippen LogP contribution < -0.4 is 16.6 Å². The van der Waals surface area contributed by atoms with Crippen molar-refractivity contribution < 1.29 is 4.79 Å². The van der Waals surface area contributed by atoms with Gasteiger partial charge >= 0.3 is 5.69 Å². The molecule has 4 rings (SSSR count). The van der Waals surface area contributed by atoms with Crippen molar-refractivity contribution in [3.05, 3.63) is 38.2 Å². The van der Waals surface area contributed by atoms with Crippen LogP contribution >= 0.6 is 24.8 Å². The molecule has 0 aliphatic carbocycles. The minimum absolute atomic E-state index is 0. The maximum Gasteiger partial charge on any atom is 0.327 e. The molecule has 148 valence electrons. The van der Waals surface area contributed by atoms with Gasteiger partial charge in [-0.15, -0.1) is 24.8 Å². The molecule has 1 spiro atoms. The number of aromatic amines is 2. The van der Waals surface area contributed by atoms with Crippen molar-refractivity contribution in [3.63, 3.8) is 0 Å². The van der Waals surface area contributed by atoms with Gasteiger partial charge in [-0.2, -0.15) is 0 Å². The summed E-state index contributed by atoms with van der Waals surface area (Å²) in [6.07, 6.45) is 3.16. The van der Waals surface area contributed by atoms with Gasteiger partial charge in [0, 0.05) is 19.6 Å². The molecule has 8 nitrogen and oxygen atoms in total. The third-order valence-corrected chi connectivity index (χ3v) is 5.57. The predicted molar refractivity (Wildman–Crippen MR) is 107 cm³/mol. The summed E-state index contributed by atoms with van der Waals surface area (Å²) in [5, 5.41) is 3.73. The molecular formula is C17H23Cl2N5O3. The zero-order valence-corrected chi connectivity index (χ0v) is 16.6. The summed E-state index contributed by atoms with van der Waals surface area (Å²) in [5.74, 6) is -0.146. The topological polar surface area (TPSA) is 111 Å². The number of rotatable bonds is 1. The van der Waals surface area contributed by atoms with Crippen LogP contribution in [0, 0.1) is 12.3 Å². The Morgan fingerprint density at radius 2 is 1.85 bits per heavy atom.